The fourth-order valence-electron chi connectivity index (χ4n) is 1.89. The van der Waals surface area contributed by atoms with E-state index in [4.69, 9.17) is 4.74 Å². The van der Waals surface area contributed by atoms with E-state index in [0.29, 0.717) is 10.4 Å². The zero-order chi connectivity index (χ0) is 19.6. The van der Waals surface area contributed by atoms with Gasteiger partial charge >= 0.3 is 5.97 Å². The average molecular weight is 387 g/mol. The number of carbonyl (C=O) groups excluding carboxylic acids is 4. The number of thiophene rings is 1. The number of esters is 1. The van der Waals surface area contributed by atoms with Crippen molar-refractivity contribution in [2.75, 3.05) is 6.61 Å². The monoisotopic (exact) mass is 387 g/mol. The first-order chi connectivity index (χ1) is 13.0. The van der Waals surface area contributed by atoms with Crippen LogP contribution in [-0.2, 0) is 19.1 Å². The Bertz CT molecular complexity index is 847. The number of rotatable bonds is 6. The highest BCUT2D eigenvalue weighted by atomic mass is 32.1. The molecule has 3 amide bonds. The molecule has 1 aromatic heterocycles. The summed E-state index contributed by atoms with van der Waals surface area (Å²) in [6, 6.07) is 12.1. The molecular weight excluding hydrogens is 370 g/mol. The van der Waals surface area contributed by atoms with Gasteiger partial charge in [0.2, 0.25) is 5.91 Å². The van der Waals surface area contributed by atoms with Crippen LogP contribution in [0.15, 0.2) is 53.5 Å². The summed E-state index contributed by atoms with van der Waals surface area (Å²) in [6.07, 6.45) is 1.43. The van der Waals surface area contributed by atoms with Gasteiger partial charge < -0.3 is 10.1 Å². The van der Waals surface area contributed by atoms with E-state index < -0.39 is 30.3 Å². The van der Waals surface area contributed by atoms with Gasteiger partial charge in [-0.05, 0) is 23.1 Å². The molecule has 27 heavy (non-hydrogen) atoms. The third-order valence-corrected chi connectivity index (χ3v) is 3.90. The van der Waals surface area contributed by atoms with Crippen LogP contribution in [0.1, 0.15) is 22.2 Å². The van der Waals surface area contributed by atoms with Crippen molar-refractivity contribution in [2.45, 2.75) is 6.92 Å². The first-order valence-corrected chi connectivity index (χ1v) is 8.68. The Balaban J connectivity index is 1.89. The van der Waals surface area contributed by atoms with Crippen LogP contribution < -0.4 is 16.2 Å². The van der Waals surface area contributed by atoms with E-state index in [1.165, 1.54) is 24.3 Å². The molecule has 0 spiro atoms. The Morgan fingerprint density at radius 2 is 1.78 bits per heavy atom. The second kappa shape index (κ2) is 9.88. The SMILES string of the molecule is CC(=O)N/C(=C\c1ccccc1)C(=O)OCC(=O)NNC(=O)c1cccs1. The summed E-state index contributed by atoms with van der Waals surface area (Å²) in [5.41, 5.74) is 4.91. The van der Waals surface area contributed by atoms with Crippen LogP contribution in [0.5, 0.6) is 0 Å². The lowest BCUT2D eigenvalue weighted by Crippen LogP contribution is -2.43. The van der Waals surface area contributed by atoms with Crippen LogP contribution in [0.2, 0.25) is 0 Å². The zero-order valence-corrected chi connectivity index (χ0v) is 15.2. The van der Waals surface area contributed by atoms with Crippen LogP contribution in [-0.4, -0.2) is 30.3 Å². The Labute approximate surface area is 159 Å². The summed E-state index contributed by atoms with van der Waals surface area (Å²) in [5.74, 6) is -2.54. The Kier molecular flexibility index (Phi) is 7.26. The van der Waals surface area contributed by atoms with Crippen molar-refractivity contribution in [2.24, 2.45) is 0 Å². The Morgan fingerprint density at radius 3 is 2.41 bits per heavy atom. The number of hydrogen-bond acceptors (Lipinski definition) is 6. The number of hydrogen-bond donors (Lipinski definition) is 3. The summed E-state index contributed by atoms with van der Waals surface area (Å²) >= 11 is 1.22. The number of nitrogens with one attached hydrogen (secondary N) is 3. The maximum absolute atomic E-state index is 12.1. The molecule has 1 aromatic carbocycles. The smallest absolute Gasteiger partial charge is 0.355 e. The molecular formula is C18H17N3O5S. The molecule has 9 heteroatoms. The second-order valence-corrected chi connectivity index (χ2v) is 6.15. The van der Waals surface area contributed by atoms with Gasteiger partial charge in [0, 0.05) is 6.92 Å². The number of benzene rings is 1. The minimum absolute atomic E-state index is 0.107. The number of ether oxygens (including phenoxy) is 1. The van der Waals surface area contributed by atoms with E-state index in [-0.39, 0.29) is 5.70 Å². The summed E-state index contributed by atoms with van der Waals surface area (Å²) in [4.78, 5) is 47.3. The van der Waals surface area contributed by atoms with Gasteiger partial charge in [0.15, 0.2) is 6.61 Å². The summed E-state index contributed by atoms with van der Waals surface area (Å²) in [5, 5.41) is 4.09. The van der Waals surface area contributed by atoms with Gasteiger partial charge in [0.25, 0.3) is 11.8 Å². The zero-order valence-electron chi connectivity index (χ0n) is 14.4. The fraction of sp³-hybridized carbons (Fsp3) is 0.111. The lowest BCUT2D eigenvalue weighted by Gasteiger charge is -2.10. The van der Waals surface area contributed by atoms with Crippen molar-refractivity contribution in [1.82, 2.24) is 16.2 Å². The van der Waals surface area contributed by atoms with Crippen molar-refractivity contribution in [3.63, 3.8) is 0 Å². The van der Waals surface area contributed by atoms with Crippen molar-refractivity contribution in [1.29, 1.82) is 0 Å². The molecule has 2 rings (SSSR count). The van der Waals surface area contributed by atoms with Gasteiger partial charge in [0.05, 0.1) is 4.88 Å². The molecule has 0 atom stereocenters. The van der Waals surface area contributed by atoms with Gasteiger partial charge in [-0.1, -0.05) is 36.4 Å². The van der Waals surface area contributed by atoms with Crippen molar-refractivity contribution >= 4 is 41.1 Å². The molecule has 0 aliphatic carbocycles. The number of carbonyl (C=O) groups is 4. The molecule has 0 aliphatic rings. The lowest BCUT2D eigenvalue weighted by molar-refractivity contribution is -0.145. The Hall–Kier alpha value is -3.46. The predicted octanol–water partition coefficient (Wildman–Crippen LogP) is 1.23. The third kappa shape index (κ3) is 6.75. The highest BCUT2D eigenvalue weighted by Crippen LogP contribution is 2.07. The molecule has 2 aromatic rings. The molecule has 0 aliphatic heterocycles. The van der Waals surface area contributed by atoms with Crippen LogP contribution in [0.4, 0.5) is 0 Å². The molecule has 140 valence electrons. The summed E-state index contributed by atoms with van der Waals surface area (Å²) in [6.45, 7) is 0.619. The van der Waals surface area contributed by atoms with Crippen LogP contribution in [0.3, 0.4) is 0 Å². The topological polar surface area (TPSA) is 114 Å². The highest BCUT2D eigenvalue weighted by Gasteiger charge is 2.15. The maximum atomic E-state index is 12.1. The molecule has 0 bridgehead atoms. The maximum Gasteiger partial charge on any atom is 0.355 e. The minimum Gasteiger partial charge on any atom is -0.451 e. The number of hydrazine groups is 1. The quantitative estimate of drug-likeness (QED) is 0.392. The largest absolute Gasteiger partial charge is 0.451 e. The van der Waals surface area contributed by atoms with Crippen LogP contribution in [0, 0.1) is 0 Å². The van der Waals surface area contributed by atoms with Crippen molar-refractivity contribution in [3.05, 3.63) is 64.0 Å². The van der Waals surface area contributed by atoms with E-state index in [1.54, 1.807) is 41.8 Å². The first-order valence-electron chi connectivity index (χ1n) is 7.80. The van der Waals surface area contributed by atoms with Gasteiger partial charge in [-0.25, -0.2) is 4.79 Å². The normalized spacial score (nSPS) is 10.6. The van der Waals surface area contributed by atoms with Crippen molar-refractivity contribution in [3.8, 4) is 0 Å². The first kappa shape index (κ1) is 19.9. The molecule has 1 heterocycles. The van der Waals surface area contributed by atoms with Crippen molar-refractivity contribution < 1.29 is 23.9 Å². The standard InChI is InChI=1S/C18H17N3O5S/c1-12(22)19-14(10-13-6-3-2-4-7-13)18(25)26-11-16(23)20-21-17(24)15-8-5-9-27-15/h2-10H,11H2,1H3,(H,19,22)(H,20,23)(H,21,24)/b14-10-. The number of amides is 3. The van der Waals surface area contributed by atoms with E-state index in [9.17, 15) is 19.2 Å². The fourth-order valence-corrected chi connectivity index (χ4v) is 2.51. The van der Waals surface area contributed by atoms with E-state index in [1.807, 2.05) is 6.07 Å². The summed E-state index contributed by atoms with van der Waals surface area (Å²) < 4.78 is 4.88. The predicted molar refractivity (Wildman–Crippen MR) is 99.1 cm³/mol. The molecule has 0 radical (unpaired) electrons. The van der Waals surface area contributed by atoms with Crippen LogP contribution in [0.25, 0.3) is 6.08 Å². The van der Waals surface area contributed by atoms with Gasteiger partial charge in [-0.2, -0.15) is 0 Å². The molecule has 0 fully saturated rings. The van der Waals surface area contributed by atoms with E-state index >= 15 is 0 Å². The van der Waals surface area contributed by atoms with Gasteiger partial charge in [-0.3, -0.25) is 25.2 Å². The minimum atomic E-state index is -0.881. The molecule has 8 nitrogen and oxygen atoms in total. The molecule has 0 unspecified atom stereocenters. The summed E-state index contributed by atoms with van der Waals surface area (Å²) in [7, 11) is 0. The average Bonchev–Trinajstić information content (AvgIpc) is 3.19. The third-order valence-electron chi connectivity index (χ3n) is 3.04. The van der Waals surface area contributed by atoms with Gasteiger partial charge in [-0.15, -0.1) is 11.3 Å². The van der Waals surface area contributed by atoms with E-state index in [2.05, 4.69) is 16.2 Å². The molecule has 3 N–H and O–H groups in total. The molecule has 0 saturated carbocycles. The van der Waals surface area contributed by atoms with Crippen LogP contribution >= 0.6 is 11.3 Å². The Morgan fingerprint density at radius 1 is 1.04 bits per heavy atom. The molecule has 0 saturated heterocycles. The highest BCUT2D eigenvalue weighted by molar-refractivity contribution is 7.12. The van der Waals surface area contributed by atoms with Gasteiger partial charge in [0.1, 0.15) is 5.70 Å². The second-order valence-electron chi connectivity index (χ2n) is 5.21. The van der Waals surface area contributed by atoms with E-state index in [0.717, 1.165) is 0 Å². The lowest BCUT2D eigenvalue weighted by atomic mass is 10.2.